The van der Waals surface area contributed by atoms with Gasteiger partial charge in [-0.05, 0) is 24.3 Å². The molecule has 2 aliphatic rings. The van der Waals surface area contributed by atoms with Gasteiger partial charge in [-0.3, -0.25) is 24.0 Å². The lowest BCUT2D eigenvalue weighted by atomic mass is 10.1. The van der Waals surface area contributed by atoms with Crippen molar-refractivity contribution in [1.29, 1.82) is 0 Å². The number of hydrogen-bond acceptors (Lipinski definition) is 6. The van der Waals surface area contributed by atoms with Crippen LogP contribution in [0.3, 0.4) is 0 Å². The van der Waals surface area contributed by atoms with Crippen molar-refractivity contribution in [2.45, 2.75) is 18.9 Å². The Bertz CT molecular complexity index is 977. The Morgan fingerprint density at radius 2 is 1.76 bits per heavy atom. The summed E-state index contributed by atoms with van der Waals surface area (Å²) in [5.74, 6) is 0.784. The number of amides is 3. The monoisotopic (exact) mass is 398 g/mol. The fraction of sp³-hybridized carbons (Fsp3) is 0.400. The Morgan fingerprint density at radius 3 is 2.38 bits per heavy atom. The molecule has 2 aliphatic heterocycles. The summed E-state index contributed by atoms with van der Waals surface area (Å²) in [6.07, 6.45) is 0.521. The van der Waals surface area contributed by atoms with E-state index in [0.717, 1.165) is 5.56 Å². The molecule has 0 radical (unpaired) electrons. The molecular formula is C20H22N4O5. The van der Waals surface area contributed by atoms with Crippen molar-refractivity contribution in [2.24, 2.45) is 7.05 Å². The Balaban J connectivity index is 1.53. The third-order valence-electron chi connectivity index (χ3n) is 5.39. The molecule has 0 spiro atoms. The van der Waals surface area contributed by atoms with Crippen molar-refractivity contribution in [2.75, 3.05) is 27.3 Å². The second-order valence-corrected chi connectivity index (χ2v) is 7.13. The summed E-state index contributed by atoms with van der Waals surface area (Å²) in [5.41, 5.74) is 1.73. The summed E-state index contributed by atoms with van der Waals surface area (Å²) in [4.78, 5) is 39.6. The van der Waals surface area contributed by atoms with E-state index >= 15 is 0 Å². The van der Waals surface area contributed by atoms with Gasteiger partial charge in [0, 0.05) is 38.5 Å². The van der Waals surface area contributed by atoms with Gasteiger partial charge >= 0.3 is 0 Å². The van der Waals surface area contributed by atoms with E-state index in [0.29, 0.717) is 36.0 Å². The Kier molecular flexibility index (Phi) is 4.73. The van der Waals surface area contributed by atoms with Crippen LogP contribution in [0.1, 0.15) is 23.3 Å². The van der Waals surface area contributed by atoms with Gasteiger partial charge in [0.15, 0.2) is 0 Å². The summed E-state index contributed by atoms with van der Waals surface area (Å²) >= 11 is 0. The number of imide groups is 1. The van der Waals surface area contributed by atoms with Crippen molar-refractivity contribution in [3.05, 3.63) is 30.0 Å². The number of aromatic nitrogens is 2. The molecule has 0 unspecified atom stereocenters. The minimum absolute atomic E-state index is 0.153. The number of carbonyl (C=O) groups is 3. The zero-order valence-corrected chi connectivity index (χ0v) is 16.5. The molecule has 2 aromatic rings. The molecule has 1 aromatic heterocycles. The first-order valence-electron chi connectivity index (χ1n) is 9.33. The molecule has 9 nitrogen and oxygen atoms in total. The average Bonchev–Trinajstić information content (AvgIpc) is 3.23. The largest absolute Gasteiger partial charge is 0.497 e. The van der Waals surface area contributed by atoms with E-state index in [2.05, 4.69) is 5.10 Å². The highest BCUT2D eigenvalue weighted by molar-refractivity contribution is 6.03. The minimum Gasteiger partial charge on any atom is -0.497 e. The number of benzene rings is 1. The summed E-state index contributed by atoms with van der Waals surface area (Å²) in [6, 6.07) is 6.86. The second-order valence-electron chi connectivity index (χ2n) is 7.13. The van der Waals surface area contributed by atoms with Crippen LogP contribution < -0.4 is 9.47 Å². The zero-order chi connectivity index (χ0) is 20.7. The third kappa shape index (κ3) is 3.22. The van der Waals surface area contributed by atoms with E-state index in [9.17, 15) is 14.4 Å². The first-order valence-corrected chi connectivity index (χ1v) is 9.33. The SMILES string of the molecule is COc1ccc(OC)c(-c2cc(C(=O)N3CC(N4C(=O)CCC4=O)C3)n(C)n2)c1. The van der Waals surface area contributed by atoms with Crippen LogP contribution in [0.5, 0.6) is 11.5 Å². The molecule has 3 heterocycles. The maximum absolute atomic E-state index is 12.9. The lowest BCUT2D eigenvalue weighted by molar-refractivity contribution is -0.144. The Labute approximate surface area is 167 Å². The number of ether oxygens (including phenoxy) is 2. The molecular weight excluding hydrogens is 376 g/mol. The topological polar surface area (TPSA) is 94.0 Å². The van der Waals surface area contributed by atoms with E-state index < -0.39 is 0 Å². The van der Waals surface area contributed by atoms with E-state index in [-0.39, 0.29) is 36.6 Å². The maximum Gasteiger partial charge on any atom is 0.272 e. The normalized spacial score (nSPS) is 16.9. The van der Waals surface area contributed by atoms with Crippen molar-refractivity contribution >= 4 is 17.7 Å². The molecule has 0 atom stereocenters. The number of hydrogen-bond donors (Lipinski definition) is 0. The average molecular weight is 398 g/mol. The molecule has 4 rings (SSSR count). The highest BCUT2D eigenvalue weighted by atomic mass is 16.5. The van der Waals surface area contributed by atoms with E-state index in [1.807, 2.05) is 0 Å². The van der Waals surface area contributed by atoms with Crippen molar-refractivity contribution in [1.82, 2.24) is 19.6 Å². The number of nitrogens with zero attached hydrogens (tertiary/aromatic N) is 4. The van der Waals surface area contributed by atoms with Crippen LogP contribution in [-0.2, 0) is 16.6 Å². The summed E-state index contributed by atoms with van der Waals surface area (Å²) in [5, 5.41) is 4.46. The number of rotatable bonds is 5. The summed E-state index contributed by atoms with van der Waals surface area (Å²) < 4.78 is 12.2. The molecule has 0 saturated carbocycles. The van der Waals surface area contributed by atoms with Gasteiger partial charge < -0.3 is 14.4 Å². The smallest absolute Gasteiger partial charge is 0.272 e. The first kappa shape index (κ1) is 19.0. The van der Waals surface area contributed by atoms with Crippen molar-refractivity contribution in [3.63, 3.8) is 0 Å². The molecule has 9 heteroatoms. The Morgan fingerprint density at radius 1 is 1.07 bits per heavy atom. The lowest BCUT2D eigenvalue weighted by Gasteiger charge is -2.42. The van der Waals surface area contributed by atoms with E-state index in [4.69, 9.17) is 9.47 Å². The first-order chi connectivity index (χ1) is 13.9. The van der Waals surface area contributed by atoms with Gasteiger partial charge in [-0.25, -0.2) is 0 Å². The summed E-state index contributed by atoms with van der Waals surface area (Å²) in [6.45, 7) is 0.693. The number of carbonyl (C=O) groups excluding carboxylic acids is 3. The van der Waals surface area contributed by atoms with Crippen LogP contribution in [0.25, 0.3) is 11.3 Å². The van der Waals surface area contributed by atoms with E-state index in [1.165, 1.54) is 9.58 Å². The molecule has 152 valence electrons. The molecule has 1 aromatic carbocycles. The quantitative estimate of drug-likeness (QED) is 0.700. The van der Waals surface area contributed by atoms with Crippen molar-refractivity contribution < 1.29 is 23.9 Å². The zero-order valence-electron chi connectivity index (χ0n) is 16.5. The maximum atomic E-state index is 12.9. The number of methoxy groups -OCH3 is 2. The van der Waals surface area contributed by atoms with Gasteiger partial charge in [-0.15, -0.1) is 0 Å². The fourth-order valence-corrected chi connectivity index (χ4v) is 3.76. The van der Waals surface area contributed by atoms with Crippen LogP contribution in [0.2, 0.25) is 0 Å². The molecule has 2 fully saturated rings. The highest BCUT2D eigenvalue weighted by Crippen LogP contribution is 2.33. The molecule has 3 amide bonds. The van der Waals surface area contributed by atoms with Gasteiger partial charge in [0.05, 0.1) is 26.0 Å². The lowest BCUT2D eigenvalue weighted by Crippen LogP contribution is -2.62. The molecule has 29 heavy (non-hydrogen) atoms. The predicted octanol–water partition coefficient (Wildman–Crippen LogP) is 1.08. The van der Waals surface area contributed by atoms with Gasteiger partial charge in [0.1, 0.15) is 17.2 Å². The van der Waals surface area contributed by atoms with Crippen LogP contribution in [-0.4, -0.2) is 70.7 Å². The molecule has 2 saturated heterocycles. The summed E-state index contributed by atoms with van der Waals surface area (Å²) in [7, 11) is 4.85. The van der Waals surface area contributed by atoms with Gasteiger partial charge in [0.25, 0.3) is 5.91 Å². The van der Waals surface area contributed by atoms with Gasteiger partial charge in [-0.2, -0.15) is 5.10 Å². The number of aryl methyl sites for hydroxylation is 1. The standard InChI is InChI=1S/C20H22N4O5/c1-22-16(9-15(21-22)14-8-13(28-2)4-5-17(14)29-3)20(27)23-10-12(11-23)24-18(25)6-7-19(24)26/h4-5,8-9,12H,6-7,10-11H2,1-3H3. The van der Waals surface area contributed by atoms with Crippen LogP contribution >= 0.6 is 0 Å². The second kappa shape index (κ2) is 7.23. The van der Waals surface area contributed by atoms with Gasteiger partial charge in [-0.1, -0.05) is 0 Å². The van der Waals surface area contributed by atoms with E-state index in [1.54, 1.807) is 50.4 Å². The number of likely N-dealkylation sites (tertiary alicyclic amines) is 2. The third-order valence-corrected chi connectivity index (χ3v) is 5.39. The Hall–Kier alpha value is -3.36. The highest BCUT2D eigenvalue weighted by Gasteiger charge is 2.43. The van der Waals surface area contributed by atoms with Crippen LogP contribution in [0, 0.1) is 0 Å². The van der Waals surface area contributed by atoms with Crippen LogP contribution in [0.15, 0.2) is 24.3 Å². The predicted molar refractivity (Wildman–Crippen MR) is 103 cm³/mol. The minimum atomic E-state index is -0.229. The van der Waals surface area contributed by atoms with Gasteiger partial charge in [0.2, 0.25) is 11.8 Å². The van der Waals surface area contributed by atoms with Crippen molar-refractivity contribution in [3.8, 4) is 22.8 Å². The molecule has 0 bridgehead atoms. The molecule has 0 aliphatic carbocycles. The molecule has 0 N–H and O–H groups in total. The van der Waals surface area contributed by atoms with Crippen LogP contribution in [0.4, 0.5) is 0 Å². The fourth-order valence-electron chi connectivity index (χ4n) is 3.76.